The van der Waals surface area contributed by atoms with E-state index in [1.54, 1.807) is 5.43 Å². The lowest BCUT2D eigenvalue weighted by Gasteiger charge is -2.01. The van der Waals surface area contributed by atoms with Gasteiger partial charge >= 0.3 is 5.82 Å². The summed E-state index contributed by atoms with van der Waals surface area (Å²) in [4.78, 5) is 9.86. The molecule has 0 saturated carbocycles. The summed E-state index contributed by atoms with van der Waals surface area (Å²) in [6, 6.07) is 4.33. The average molecular weight is 155 g/mol. The third-order valence-electron chi connectivity index (χ3n) is 1.03. The number of rotatable bonds is 2. The first-order chi connectivity index (χ1) is 5.20. The first-order valence-corrected chi connectivity index (χ1v) is 2.79. The van der Waals surface area contributed by atoms with Crippen LogP contribution in [0.15, 0.2) is 24.4 Å². The van der Waals surface area contributed by atoms with Gasteiger partial charge in [-0.2, -0.15) is 0 Å². The Labute approximate surface area is 61.8 Å². The van der Waals surface area contributed by atoms with Gasteiger partial charge in [0.1, 0.15) is 0 Å². The van der Waals surface area contributed by atoms with Crippen LogP contribution in [0.5, 0.6) is 0 Å². The van der Waals surface area contributed by atoms with Crippen LogP contribution in [0.25, 0.3) is 0 Å². The van der Waals surface area contributed by atoms with E-state index in [4.69, 9.17) is 0 Å². The molecule has 1 rings (SSSR count). The molecule has 0 radical (unpaired) electrons. The van der Waals surface area contributed by atoms with Crippen molar-refractivity contribution in [3.8, 4) is 0 Å². The molecule has 1 aromatic rings. The lowest BCUT2D eigenvalue weighted by Crippen LogP contribution is -2.31. The van der Waals surface area contributed by atoms with Gasteiger partial charge in [-0.1, -0.05) is 6.07 Å². The molecule has 58 valence electrons. The predicted molar refractivity (Wildman–Crippen MR) is 36.0 cm³/mol. The third kappa shape index (κ3) is 1.78. The van der Waals surface area contributed by atoms with Crippen LogP contribution in [-0.4, -0.2) is 5.03 Å². The molecule has 6 heteroatoms. The van der Waals surface area contributed by atoms with Gasteiger partial charge in [0, 0.05) is 11.5 Å². The van der Waals surface area contributed by atoms with Crippen molar-refractivity contribution in [2.24, 2.45) is 0 Å². The van der Waals surface area contributed by atoms with Crippen molar-refractivity contribution in [1.29, 1.82) is 0 Å². The molecule has 0 atom stereocenters. The van der Waals surface area contributed by atoms with Crippen LogP contribution in [0.3, 0.4) is 0 Å². The third-order valence-corrected chi connectivity index (χ3v) is 1.03. The van der Waals surface area contributed by atoms with Crippen LogP contribution in [0.2, 0.25) is 0 Å². The second-order valence-electron chi connectivity index (χ2n) is 1.78. The Balaban J connectivity index is 2.86. The molecule has 1 N–H and O–H groups in total. The monoisotopic (exact) mass is 155 g/mol. The predicted octanol–water partition coefficient (Wildman–Crippen LogP) is -0.0764. The quantitative estimate of drug-likeness (QED) is 0.280. The van der Waals surface area contributed by atoms with Gasteiger partial charge in [0.2, 0.25) is 5.03 Å². The zero-order chi connectivity index (χ0) is 8.27. The van der Waals surface area contributed by atoms with Gasteiger partial charge < -0.3 is 5.21 Å². The maximum absolute atomic E-state index is 10.7. The molecule has 1 heterocycles. The molecule has 0 aliphatic rings. The van der Waals surface area contributed by atoms with E-state index >= 15 is 0 Å². The van der Waals surface area contributed by atoms with Crippen LogP contribution in [0.1, 0.15) is 0 Å². The number of hydrazine groups is 1. The average Bonchev–Trinajstić information content (AvgIpc) is 1.93. The van der Waals surface area contributed by atoms with E-state index < -0.39 is 5.03 Å². The molecule has 0 aromatic carbocycles. The molecule has 0 aliphatic carbocycles. The normalized spacial score (nSPS) is 9.09. The lowest BCUT2D eigenvalue weighted by atomic mass is 10.5. The first kappa shape index (κ1) is 7.26. The van der Waals surface area contributed by atoms with E-state index in [2.05, 4.69) is 0 Å². The SMILES string of the molecule is O=[N+]([O-])Nc1cccc[n+]1[O-]. The molecule has 0 amide bonds. The molecule has 0 bridgehead atoms. The van der Waals surface area contributed by atoms with Crippen LogP contribution in [-0.2, 0) is 0 Å². The summed E-state index contributed by atoms with van der Waals surface area (Å²) in [6.45, 7) is 0. The number of hydrogen-bond donors (Lipinski definition) is 1. The molecule has 1 aromatic heterocycles. The Morgan fingerprint density at radius 2 is 2.27 bits per heavy atom. The van der Waals surface area contributed by atoms with Crippen molar-refractivity contribution >= 4 is 5.82 Å². The van der Waals surface area contributed by atoms with E-state index in [9.17, 15) is 15.3 Å². The number of nitrogens with zero attached hydrogens (tertiary/aromatic N) is 2. The van der Waals surface area contributed by atoms with Gasteiger partial charge in [-0.3, -0.25) is 0 Å². The summed E-state index contributed by atoms with van der Waals surface area (Å²) in [7, 11) is 0. The standard InChI is InChI=1S/C5H5N3O3/c9-7-4-2-1-3-5(7)6-8(10)11/h1-4,6H. The zero-order valence-corrected chi connectivity index (χ0v) is 5.43. The van der Waals surface area contributed by atoms with Gasteiger partial charge in [-0.05, 0) is 6.07 Å². The van der Waals surface area contributed by atoms with E-state index in [1.165, 1.54) is 24.4 Å². The number of pyridine rings is 1. The van der Waals surface area contributed by atoms with Crippen LogP contribution < -0.4 is 10.2 Å². The number of nitrogens with one attached hydrogen (secondary N) is 1. The summed E-state index contributed by atoms with van der Waals surface area (Å²) in [5, 5.41) is 19.8. The molecule has 0 saturated heterocycles. The summed E-state index contributed by atoms with van der Waals surface area (Å²) in [5.74, 6) is -0.0995. The summed E-state index contributed by atoms with van der Waals surface area (Å²) in [5.41, 5.74) is 1.75. The van der Waals surface area contributed by atoms with Gasteiger partial charge in [0.15, 0.2) is 0 Å². The van der Waals surface area contributed by atoms with Crippen molar-refractivity contribution in [2.75, 3.05) is 5.43 Å². The number of hydrogen-bond acceptors (Lipinski definition) is 3. The molecule has 0 fully saturated rings. The second-order valence-corrected chi connectivity index (χ2v) is 1.78. The lowest BCUT2D eigenvalue weighted by molar-refractivity contribution is -0.602. The van der Waals surface area contributed by atoms with Crippen molar-refractivity contribution < 1.29 is 9.76 Å². The Morgan fingerprint density at radius 1 is 1.55 bits per heavy atom. The summed E-state index contributed by atoms with van der Waals surface area (Å²) in [6.07, 6.45) is 1.17. The van der Waals surface area contributed by atoms with E-state index in [1.807, 2.05) is 0 Å². The van der Waals surface area contributed by atoms with Crippen molar-refractivity contribution in [2.45, 2.75) is 0 Å². The van der Waals surface area contributed by atoms with Gasteiger partial charge in [0.05, 0.1) is 6.20 Å². The maximum atomic E-state index is 10.7. The summed E-state index contributed by atoms with van der Waals surface area (Å²) < 4.78 is 0.378. The zero-order valence-electron chi connectivity index (χ0n) is 5.43. The molecular formula is C5H5N3O3. The smallest absolute Gasteiger partial charge is 0.342 e. The Morgan fingerprint density at radius 3 is 2.82 bits per heavy atom. The topological polar surface area (TPSA) is 82.1 Å². The van der Waals surface area contributed by atoms with Gasteiger partial charge in [0.25, 0.3) is 0 Å². The van der Waals surface area contributed by atoms with Gasteiger partial charge in [-0.25, -0.2) is 14.8 Å². The largest absolute Gasteiger partial charge is 0.710 e. The molecule has 6 nitrogen and oxygen atoms in total. The fraction of sp³-hybridized carbons (Fsp3) is 0. The highest BCUT2D eigenvalue weighted by Gasteiger charge is 2.07. The second kappa shape index (κ2) is 2.82. The minimum Gasteiger partial charge on any atom is -0.710 e. The van der Waals surface area contributed by atoms with Crippen LogP contribution in [0, 0.1) is 15.3 Å². The Hall–Kier alpha value is -1.85. The Bertz CT molecular complexity index is 275. The highest BCUT2D eigenvalue weighted by molar-refractivity contribution is 5.23. The molecule has 11 heavy (non-hydrogen) atoms. The highest BCUT2D eigenvalue weighted by Crippen LogP contribution is 1.95. The molecular weight excluding hydrogens is 150 g/mol. The highest BCUT2D eigenvalue weighted by atomic mass is 16.7. The maximum Gasteiger partial charge on any atom is 0.342 e. The van der Waals surface area contributed by atoms with Crippen LogP contribution in [0.4, 0.5) is 5.82 Å². The summed E-state index contributed by atoms with van der Waals surface area (Å²) >= 11 is 0. The molecule has 0 aliphatic heterocycles. The van der Waals surface area contributed by atoms with Crippen LogP contribution >= 0.6 is 0 Å². The van der Waals surface area contributed by atoms with Crippen molar-refractivity contribution in [3.05, 3.63) is 39.7 Å². The fourth-order valence-corrected chi connectivity index (χ4v) is 0.608. The molecule has 0 unspecified atom stereocenters. The number of nitro groups is 1. The van der Waals surface area contributed by atoms with Gasteiger partial charge in [-0.15, -0.1) is 0 Å². The van der Waals surface area contributed by atoms with Crippen molar-refractivity contribution in [1.82, 2.24) is 0 Å². The molecule has 0 spiro atoms. The first-order valence-electron chi connectivity index (χ1n) is 2.79. The van der Waals surface area contributed by atoms with E-state index in [-0.39, 0.29) is 5.82 Å². The fourth-order valence-electron chi connectivity index (χ4n) is 0.608. The minimum absolute atomic E-state index is 0.0995. The van der Waals surface area contributed by atoms with E-state index in [0.29, 0.717) is 4.73 Å². The van der Waals surface area contributed by atoms with E-state index in [0.717, 1.165) is 0 Å². The van der Waals surface area contributed by atoms with Crippen molar-refractivity contribution in [3.63, 3.8) is 0 Å². The number of anilines is 1. The minimum atomic E-state index is -0.788. The number of aromatic nitrogens is 1. The Kier molecular flexibility index (Phi) is 1.86.